The van der Waals surface area contributed by atoms with Crippen molar-refractivity contribution in [3.63, 3.8) is 0 Å². The Morgan fingerprint density at radius 3 is 2.81 bits per heavy atom. The van der Waals surface area contributed by atoms with Crippen LogP contribution in [0.1, 0.15) is 30.0 Å². The maximum atomic E-state index is 13.8. The summed E-state index contributed by atoms with van der Waals surface area (Å²) in [6.07, 6.45) is 3.78. The van der Waals surface area contributed by atoms with Crippen LogP contribution in [0.15, 0.2) is 36.5 Å². The van der Waals surface area contributed by atoms with Crippen LogP contribution in [0.5, 0.6) is 0 Å². The Labute approximate surface area is 160 Å². The number of aromatic nitrogens is 3. The molecule has 2 aromatic carbocycles. The Morgan fingerprint density at radius 1 is 1.22 bits per heavy atom. The van der Waals surface area contributed by atoms with Gasteiger partial charge in [0, 0.05) is 41.3 Å². The number of fused-ring (bicyclic) bond motifs is 2. The molecule has 5 rings (SSSR count). The Kier molecular flexibility index (Phi) is 3.95. The first-order valence-corrected chi connectivity index (χ1v) is 9.52. The van der Waals surface area contributed by atoms with Gasteiger partial charge in [-0.2, -0.15) is 5.10 Å². The highest BCUT2D eigenvalue weighted by molar-refractivity contribution is 6.30. The van der Waals surface area contributed by atoms with Gasteiger partial charge in [0.25, 0.3) is 0 Å². The van der Waals surface area contributed by atoms with E-state index in [1.165, 1.54) is 22.7 Å². The van der Waals surface area contributed by atoms with E-state index in [1.807, 2.05) is 6.20 Å². The minimum atomic E-state index is -0.404. The van der Waals surface area contributed by atoms with E-state index in [9.17, 15) is 4.39 Å². The van der Waals surface area contributed by atoms with E-state index in [-0.39, 0.29) is 5.02 Å². The number of aromatic amines is 1. The van der Waals surface area contributed by atoms with Gasteiger partial charge in [-0.1, -0.05) is 11.6 Å². The summed E-state index contributed by atoms with van der Waals surface area (Å²) in [5.74, 6) is -0.00936. The molecular formula is C21H19ClFN3O. The van der Waals surface area contributed by atoms with Crippen LogP contribution in [0.3, 0.4) is 0 Å². The number of aryl methyl sites for hydroxylation is 1. The minimum Gasteiger partial charge on any atom is -0.381 e. The van der Waals surface area contributed by atoms with E-state index in [4.69, 9.17) is 16.3 Å². The second kappa shape index (κ2) is 6.36. The fourth-order valence-corrected chi connectivity index (χ4v) is 4.44. The summed E-state index contributed by atoms with van der Waals surface area (Å²) in [5, 5.41) is 9.56. The molecule has 27 heavy (non-hydrogen) atoms. The Bertz CT molecular complexity index is 1160. The second-order valence-electron chi connectivity index (χ2n) is 7.16. The van der Waals surface area contributed by atoms with Gasteiger partial charge in [0.05, 0.1) is 22.3 Å². The molecule has 0 bridgehead atoms. The van der Waals surface area contributed by atoms with Crippen molar-refractivity contribution >= 4 is 33.4 Å². The predicted octanol–water partition coefficient (Wildman–Crippen LogP) is 5.50. The number of H-pyrrole nitrogens is 1. The molecule has 3 heterocycles. The van der Waals surface area contributed by atoms with Crippen LogP contribution in [0, 0.1) is 12.7 Å². The van der Waals surface area contributed by atoms with Gasteiger partial charge < -0.3 is 9.30 Å². The van der Waals surface area contributed by atoms with Crippen molar-refractivity contribution < 1.29 is 9.13 Å². The van der Waals surface area contributed by atoms with Crippen molar-refractivity contribution in [2.45, 2.75) is 25.7 Å². The van der Waals surface area contributed by atoms with Gasteiger partial charge in [-0.05, 0) is 55.7 Å². The molecule has 0 spiro atoms. The van der Waals surface area contributed by atoms with E-state index in [0.29, 0.717) is 5.92 Å². The van der Waals surface area contributed by atoms with Crippen LogP contribution in [-0.4, -0.2) is 28.0 Å². The molecule has 1 saturated heterocycles. The van der Waals surface area contributed by atoms with Crippen molar-refractivity contribution in [2.75, 3.05) is 13.2 Å². The number of nitrogens with one attached hydrogen (secondary N) is 1. The first-order chi connectivity index (χ1) is 13.1. The highest BCUT2D eigenvalue weighted by Crippen LogP contribution is 2.39. The molecule has 0 radical (unpaired) electrons. The standard InChI is InChI=1S/C21H19ClFN3O/c1-12-16-10-19-14(11-24-25-19)8-20(16)26(15-2-3-18(23)17(22)9-15)21(12)13-4-6-27-7-5-13/h2-3,8-11,13H,4-7H2,1H3,(H,24,25). The van der Waals surface area contributed by atoms with Gasteiger partial charge in [0.15, 0.2) is 0 Å². The smallest absolute Gasteiger partial charge is 0.141 e. The summed E-state index contributed by atoms with van der Waals surface area (Å²) >= 11 is 6.11. The molecule has 1 N–H and O–H groups in total. The number of nitrogens with zero attached hydrogens (tertiary/aromatic N) is 2. The molecule has 0 aliphatic carbocycles. The lowest BCUT2D eigenvalue weighted by atomic mass is 9.93. The second-order valence-corrected chi connectivity index (χ2v) is 7.56. The lowest BCUT2D eigenvalue weighted by Gasteiger charge is -2.25. The highest BCUT2D eigenvalue weighted by atomic mass is 35.5. The number of hydrogen-bond donors (Lipinski definition) is 1. The van der Waals surface area contributed by atoms with Gasteiger partial charge >= 0.3 is 0 Å². The molecular weight excluding hydrogens is 365 g/mol. The van der Waals surface area contributed by atoms with Crippen molar-refractivity contribution in [2.24, 2.45) is 0 Å². The average Bonchev–Trinajstić information content (AvgIpc) is 3.25. The lowest BCUT2D eigenvalue weighted by molar-refractivity contribution is 0.0841. The Balaban J connectivity index is 1.84. The van der Waals surface area contributed by atoms with Crippen LogP contribution in [0.2, 0.25) is 5.02 Å². The quantitative estimate of drug-likeness (QED) is 0.496. The number of benzene rings is 2. The molecule has 2 aromatic heterocycles. The lowest BCUT2D eigenvalue weighted by Crippen LogP contribution is -2.17. The average molecular weight is 384 g/mol. The van der Waals surface area contributed by atoms with Crippen LogP contribution in [0.25, 0.3) is 27.5 Å². The Morgan fingerprint density at radius 2 is 2.04 bits per heavy atom. The van der Waals surface area contributed by atoms with Crippen LogP contribution >= 0.6 is 11.6 Å². The highest BCUT2D eigenvalue weighted by Gasteiger charge is 2.25. The van der Waals surface area contributed by atoms with Crippen LogP contribution < -0.4 is 0 Å². The molecule has 1 fully saturated rings. The first kappa shape index (κ1) is 16.8. The monoisotopic (exact) mass is 383 g/mol. The third kappa shape index (κ3) is 2.65. The summed E-state index contributed by atoms with van der Waals surface area (Å²) < 4.78 is 21.6. The minimum absolute atomic E-state index is 0.134. The van der Waals surface area contributed by atoms with E-state index in [1.54, 1.807) is 12.1 Å². The van der Waals surface area contributed by atoms with Crippen LogP contribution in [-0.2, 0) is 4.74 Å². The fraction of sp³-hybridized carbons (Fsp3) is 0.286. The molecule has 0 amide bonds. The van der Waals surface area contributed by atoms with Gasteiger partial charge in [0.2, 0.25) is 0 Å². The van der Waals surface area contributed by atoms with E-state index >= 15 is 0 Å². The number of ether oxygens (including phenoxy) is 1. The number of rotatable bonds is 2. The fourth-order valence-electron chi connectivity index (χ4n) is 4.26. The summed E-state index contributed by atoms with van der Waals surface area (Å²) in [5.41, 5.74) is 5.48. The molecule has 0 saturated carbocycles. The largest absolute Gasteiger partial charge is 0.381 e. The topological polar surface area (TPSA) is 42.8 Å². The molecule has 6 heteroatoms. The molecule has 1 aliphatic heterocycles. The van der Waals surface area contributed by atoms with E-state index in [0.717, 1.165) is 48.2 Å². The zero-order chi connectivity index (χ0) is 18.5. The van der Waals surface area contributed by atoms with Crippen LogP contribution in [0.4, 0.5) is 4.39 Å². The maximum absolute atomic E-state index is 13.8. The van der Waals surface area contributed by atoms with Crippen molar-refractivity contribution in [1.82, 2.24) is 14.8 Å². The molecule has 138 valence electrons. The molecule has 0 unspecified atom stereocenters. The van der Waals surface area contributed by atoms with Crippen molar-refractivity contribution in [3.8, 4) is 5.69 Å². The number of halogens is 2. The van der Waals surface area contributed by atoms with E-state index in [2.05, 4.69) is 33.8 Å². The molecule has 1 aliphatic rings. The zero-order valence-corrected chi connectivity index (χ0v) is 15.7. The summed E-state index contributed by atoms with van der Waals surface area (Å²) in [6, 6.07) is 9.22. The van der Waals surface area contributed by atoms with Crippen molar-refractivity contribution in [1.29, 1.82) is 0 Å². The SMILES string of the molecule is Cc1c(C2CCOCC2)n(-c2ccc(F)c(Cl)c2)c2cc3cn[nH]c3cc12. The normalized spacial score (nSPS) is 15.8. The third-order valence-electron chi connectivity index (χ3n) is 5.60. The van der Waals surface area contributed by atoms with E-state index < -0.39 is 5.82 Å². The summed E-state index contributed by atoms with van der Waals surface area (Å²) in [7, 11) is 0. The number of hydrogen-bond acceptors (Lipinski definition) is 2. The maximum Gasteiger partial charge on any atom is 0.141 e. The molecule has 0 atom stereocenters. The first-order valence-electron chi connectivity index (χ1n) is 9.14. The molecule has 4 aromatic rings. The van der Waals surface area contributed by atoms with Crippen molar-refractivity contribution in [3.05, 3.63) is 58.6 Å². The van der Waals surface area contributed by atoms with Gasteiger partial charge in [-0.15, -0.1) is 0 Å². The zero-order valence-electron chi connectivity index (χ0n) is 14.9. The predicted molar refractivity (Wildman–Crippen MR) is 105 cm³/mol. The summed E-state index contributed by atoms with van der Waals surface area (Å²) in [6.45, 7) is 3.69. The summed E-state index contributed by atoms with van der Waals surface area (Å²) in [4.78, 5) is 0. The van der Waals surface area contributed by atoms with Gasteiger partial charge in [-0.25, -0.2) is 4.39 Å². The van der Waals surface area contributed by atoms with Gasteiger partial charge in [-0.3, -0.25) is 5.10 Å². The Hall–Kier alpha value is -2.37. The third-order valence-corrected chi connectivity index (χ3v) is 5.89. The molecule has 4 nitrogen and oxygen atoms in total. The van der Waals surface area contributed by atoms with Gasteiger partial charge in [0.1, 0.15) is 5.82 Å².